The molecule has 5 nitrogen and oxygen atoms in total. The van der Waals surface area contributed by atoms with Gasteiger partial charge >= 0.3 is 6.61 Å². The number of rotatable bonds is 5. The number of carbonyl (C=O) groups is 2. The Morgan fingerprint density at radius 2 is 1.91 bits per heavy atom. The number of carbonyl (C=O) groups excluding carboxylic acids is 2. The first-order valence-electron chi connectivity index (χ1n) is 6.01. The van der Waals surface area contributed by atoms with E-state index in [1.54, 1.807) is 0 Å². The van der Waals surface area contributed by atoms with Gasteiger partial charge in [0.25, 0.3) is 11.1 Å². The van der Waals surface area contributed by atoms with Crippen LogP contribution < -0.4 is 10.5 Å². The third-order valence-corrected chi connectivity index (χ3v) is 3.54. The predicted molar refractivity (Wildman–Crippen MR) is 82.1 cm³/mol. The lowest BCUT2D eigenvalue weighted by Gasteiger charge is -2.09. The lowest BCUT2D eigenvalue weighted by Crippen LogP contribution is -2.33. The molecule has 2 rings (SSSR count). The number of amides is 2. The van der Waals surface area contributed by atoms with Gasteiger partial charge in [0.1, 0.15) is 5.75 Å². The van der Waals surface area contributed by atoms with Gasteiger partial charge in [0.15, 0.2) is 0 Å². The maximum absolute atomic E-state index is 12.0. The molecule has 2 amide bonds. The molecule has 22 heavy (non-hydrogen) atoms. The van der Waals surface area contributed by atoms with Crippen LogP contribution in [-0.4, -0.2) is 35.7 Å². The van der Waals surface area contributed by atoms with Crippen LogP contribution in [-0.2, 0) is 4.79 Å². The molecule has 0 aliphatic carbocycles. The molecule has 120 valence electrons. The largest absolute Gasteiger partial charge is 0.435 e. The summed E-state index contributed by atoms with van der Waals surface area (Å²) in [6.07, 6.45) is 1.52. The minimum atomic E-state index is -2.89. The molecule has 0 saturated carbocycles. The van der Waals surface area contributed by atoms with Crippen LogP contribution in [0, 0.1) is 0 Å². The number of imide groups is 1. The van der Waals surface area contributed by atoms with Gasteiger partial charge in [-0.3, -0.25) is 14.5 Å². The number of thioether (sulfide) groups is 1. The zero-order valence-electron chi connectivity index (χ0n) is 11.2. The first kappa shape index (κ1) is 18.4. The van der Waals surface area contributed by atoms with E-state index in [0.29, 0.717) is 5.56 Å². The van der Waals surface area contributed by atoms with Gasteiger partial charge in [-0.25, -0.2) is 0 Å². The third kappa shape index (κ3) is 4.43. The van der Waals surface area contributed by atoms with Gasteiger partial charge in [-0.2, -0.15) is 8.78 Å². The van der Waals surface area contributed by atoms with Gasteiger partial charge in [0.2, 0.25) is 0 Å². The van der Waals surface area contributed by atoms with Crippen molar-refractivity contribution in [1.82, 2.24) is 4.90 Å². The van der Waals surface area contributed by atoms with Crippen LogP contribution in [0.1, 0.15) is 5.56 Å². The Kier molecular flexibility index (Phi) is 6.79. The summed E-state index contributed by atoms with van der Waals surface area (Å²) in [5.41, 5.74) is 5.94. The fourth-order valence-corrected chi connectivity index (χ4v) is 2.58. The van der Waals surface area contributed by atoms with E-state index in [4.69, 9.17) is 5.73 Å². The van der Waals surface area contributed by atoms with Crippen molar-refractivity contribution in [2.24, 2.45) is 5.73 Å². The average molecular weight is 351 g/mol. The topological polar surface area (TPSA) is 72.6 Å². The molecule has 0 spiro atoms. The molecule has 0 bridgehead atoms. The van der Waals surface area contributed by atoms with E-state index in [2.05, 4.69) is 4.74 Å². The number of ether oxygens (including phenoxy) is 1. The summed E-state index contributed by atoms with van der Waals surface area (Å²) < 4.78 is 28.3. The minimum absolute atomic E-state index is 0. The summed E-state index contributed by atoms with van der Waals surface area (Å²) in [6.45, 7) is -2.52. The summed E-state index contributed by atoms with van der Waals surface area (Å²) in [7, 11) is 0. The fraction of sp³-hybridized carbons (Fsp3) is 0.231. The van der Waals surface area contributed by atoms with Crippen molar-refractivity contribution >= 4 is 41.4 Å². The van der Waals surface area contributed by atoms with Crippen molar-refractivity contribution < 1.29 is 23.1 Å². The first-order chi connectivity index (χ1) is 10.0. The second-order valence-corrected chi connectivity index (χ2v) is 5.06. The second-order valence-electron chi connectivity index (χ2n) is 4.07. The standard InChI is InChI=1S/C13H12F2N2O3S.ClH/c14-12(15)20-9-3-1-8(2-4-9)7-10-11(18)17(6-5-16)13(19)21-10;/h1-4,7,12H,5-6,16H2;1H. The molecule has 1 fully saturated rings. The van der Waals surface area contributed by atoms with Crippen molar-refractivity contribution in [1.29, 1.82) is 0 Å². The van der Waals surface area contributed by atoms with Crippen molar-refractivity contribution in [3.05, 3.63) is 34.7 Å². The Morgan fingerprint density at radius 1 is 1.27 bits per heavy atom. The smallest absolute Gasteiger partial charge is 0.387 e. The Morgan fingerprint density at radius 3 is 2.45 bits per heavy atom. The van der Waals surface area contributed by atoms with Crippen molar-refractivity contribution in [3.63, 3.8) is 0 Å². The molecular weight excluding hydrogens is 338 g/mol. The summed E-state index contributed by atoms with van der Waals surface area (Å²) in [4.78, 5) is 24.9. The van der Waals surface area contributed by atoms with E-state index in [1.807, 2.05) is 0 Å². The second kappa shape index (κ2) is 8.11. The van der Waals surface area contributed by atoms with Gasteiger partial charge in [-0.15, -0.1) is 12.4 Å². The van der Waals surface area contributed by atoms with Gasteiger partial charge in [-0.1, -0.05) is 12.1 Å². The van der Waals surface area contributed by atoms with Gasteiger partial charge < -0.3 is 10.5 Å². The lowest BCUT2D eigenvalue weighted by molar-refractivity contribution is -0.122. The Bertz CT molecular complexity index is 581. The van der Waals surface area contributed by atoms with Crippen LogP contribution >= 0.6 is 24.2 Å². The molecule has 1 saturated heterocycles. The molecule has 2 N–H and O–H groups in total. The fourth-order valence-electron chi connectivity index (χ4n) is 1.72. The average Bonchev–Trinajstić information content (AvgIpc) is 2.69. The van der Waals surface area contributed by atoms with Crippen LogP contribution in [0.3, 0.4) is 0 Å². The van der Waals surface area contributed by atoms with E-state index in [1.165, 1.54) is 30.3 Å². The van der Waals surface area contributed by atoms with Gasteiger partial charge in [0.05, 0.1) is 4.91 Å². The van der Waals surface area contributed by atoms with E-state index in [0.717, 1.165) is 16.7 Å². The Balaban J connectivity index is 0.00000242. The highest BCUT2D eigenvalue weighted by Crippen LogP contribution is 2.32. The quantitative estimate of drug-likeness (QED) is 0.827. The van der Waals surface area contributed by atoms with Crippen molar-refractivity contribution in [2.75, 3.05) is 13.1 Å². The molecule has 1 aromatic rings. The summed E-state index contributed by atoms with van der Waals surface area (Å²) in [5, 5.41) is -0.366. The molecule has 0 atom stereocenters. The van der Waals surface area contributed by atoms with Crippen LogP contribution in [0.2, 0.25) is 0 Å². The third-order valence-electron chi connectivity index (χ3n) is 2.63. The number of nitrogens with two attached hydrogens (primary N) is 1. The Hall–Kier alpha value is -1.64. The Labute approximate surface area is 135 Å². The summed E-state index contributed by atoms with van der Waals surface area (Å²) in [5.74, 6) is -0.373. The number of hydrogen-bond donors (Lipinski definition) is 1. The van der Waals surface area contributed by atoms with E-state index >= 15 is 0 Å². The maximum atomic E-state index is 12.0. The number of hydrogen-bond acceptors (Lipinski definition) is 5. The van der Waals surface area contributed by atoms with Gasteiger partial charge in [0, 0.05) is 13.1 Å². The lowest BCUT2D eigenvalue weighted by atomic mass is 10.2. The molecule has 1 aliphatic heterocycles. The first-order valence-corrected chi connectivity index (χ1v) is 6.83. The van der Waals surface area contributed by atoms with Crippen LogP contribution in [0.4, 0.5) is 13.6 Å². The molecule has 0 unspecified atom stereocenters. The molecule has 1 heterocycles. The van der Waals surface area contributed by atoms with E-state index in [9.17, 15) is 18.4 Å². The maximum Gasteiger partial charge on any atom is 0.387 e. The van der Waals surface area contributed by atoms with Crippen molar-refractivity contribution in [3.8, 4) is 5.75 Å². The highest BCUT2D eigenvalue weighted by atomic mass is 35.5. The number of nitrogens with zero attached hydrogens (tertiary/aromatic N) is 1. The molecular formula is C13H13ClF2N2O3S. The molecule has 1 aliphatic rings. The molecule has 1 aromatic carbocycles. The highest BCUT2D eigenvalue weighted by molar-refractivity contribution is 8.18. The minimum Gasteiger partial charge on any atom is -0.435 e. The number of benzene rings is 1. The summed E-state index contributed by atoms with van der Waals surface area (Å²) in [6, 6.07) is 5.77. The summed E-state index contributed by atoms with van der Waals surface area (Å²) >= 11 is 0.823. The van der Waals surface area contributed by atoms with Crippen LogP contribution in [0.25, 0.3) is 6.08 Å². The zero-order chi connectivity index (χ0) is 15.4. The number of halogens is 3. The highest BCUT2D eigenvalue weighted by Gasteiger charge is 2.34. The van der Waals surface area contributed by atoms with Crippen LogP contribution in [0.15, 0.2) is 29.2 Å². The predicted octanol–water partition coefficient (Wildman–Crippen LogP) is 2.70. The normalized spacial score (nSPS) is 16.4. The molecule has 0 radical (unpaired) electrons. The van der Waals surface area contributed by atoms with Crippen molar-refractivity contribution in [2.45, 2.75) is 6.61 Å². The van der Waals surface area contributed by atoms with Crippen LogP contribution in [0.5, 0.6) is 5.75 Å². The molecule has 9 heteroatoms. The SMILES string of the molecule is Cl.NCCN1C(=O)SC(=Cc2ccc(OC(F)F)cc2)C1=O. The number of alkyl halides is 2. The van der Waals surface area contributed by atoms with Gasteiger partial charge in [-0.05, 0) is 35.5 Å². The van der Waals surface area contributed by atoms with E-state index < -0.39 is 12.5 Å². The molecule has 0 aromatic heterocycles. The van der Waals surface area contributed by atoms with E-state index in [-0.39, 0.29) is 41.4 Å². The monoisotopic (exact) mass is 350 g/mol. The zero-order valence-corrected chi connectivity index (χ0v) is 12.8.